The van der Waals surface area contributed by atoms with Gasteiger partial charge in [0.25, 0.3) is 11.8 Å². The van der Waals surface area contributed by atoms with Crippen LogP contribution in [-0.2, 0) is 19.6 Å². The first-order valence-electron chi connectivity index (χ1n) is 19.5. The maximum Gasteiger partial charge on any atom is 0.335 e. The number of nitrogens with one attached hydrogen (secondary N) is 2. The van der Waals surface area contributed by atoms with Crippen LogP contribution < -0.4 is 54.3 Å². The molecule has 0 aromatic heterocycles. The van der Waals surface area contributed by atoms with E-state index in [0.717, 1.165) is 34.4 Å². The van der Waals surface area contributed by atoms with Crippen LogP contribution in [-0.4, -0.2) is 70.5 Å². The molecule has 4 aliphatic rings. The summed E-state index contributed by atoms with van der Waals surface area (Å²) in [7, 11) is 0. The molecule has 65 heavy (non-hydrogen) atoms. The number of carbonyl (C=O) groups excluding carboxylic acids is 2. The number of phenolic OH excluding ortho intramolecular Hbond substituents is 4. The molecule has 0 fully saturated rings. The molecule has 0 saturated carbocycles. The first-order chi connectivity index (χ1) is 31.4. The van der Waals surface area contributed by atoms with E-state index in [9.17, 15) is 24.6 Å². The number of benzene rings is 6. The van der Waals surface area contributed by atoms with Crippen LogP contribution in [0.1, 0.15) is 47.8 Å². The van der Waals surface area contributed by atoms with Crippen molar-refractivity contribution in [3.8, 4) is 69.0 Å². The van der Waals surface area contributed by atoms with Gasteiger partial charge in [-0.25, -0.2) is 4.79 Å². The van der Waals surface area contributed by atoms with Crippen LogP contribution in [0, 0.1) is 0 Å². The molecule has 0 bridgehead atoms. The Bertz CT molecular complexity index is 2710. The number of amides is 2. The van der Waals surface area contributed by atoms with E-state index in [-0.39, 0.29) is 67.0 Å². The fourth-order valence-electron chi connectivity index (χ4n) is 6.10. The normalized spacial score (nSPS) is 12.6. The summed E-state index contributed by atoms with van der Waals surface area (Å²) in [5, 5.41) is 51.0. The summed E-state index contributed by atoms with van der Waals surface area (Å²) < 4.78 is 41.4. The number of ether oxygens (including phenoxy) is 8. The molecule has 2 amide bonds. The second-order valence-electron chi connectivity index (χ2n) is 13.9. The van der Waals surface area contributed by atoms with Gasteiger partial charge in [-0.3, -0.25) is 9.59 Å². The monoisotopic (exact) mass is 891 g/mol. The zero-order valence-corrected chi connectivity index (χ0v) is 34.1. The molecule has 4 heterocycles. The van der Waals surface area contributed by atoms with E-state index < -0.39 is 11.9 Å². The molecule has 0 spiro atoms. The lowest BCUT2D eigenvalue weighted by atomic mass is 10.1. The molecule has 4 aliphatic heterocycles. The lowest BCUT2D eigenvalue weighted by Crippen LogP contribution is -2.22. The van der Waals surface area contributed by atoms with Gasteiger partial charge < -0.3 is 79.8 Å². The minimum atomic E-state index is -0.965. The summed E-state index contributed by atoms with van der Waals surface area (Å²) in [6.07, 6.45) is 0. The van der Waals surface area contributed by atoms with Gasteiger partial charge in [-0.1, -0.05) is 18.2 Å². The fourth-order valence-corrected chi connectivity index (χ4v) is 6.10. The SMILES string of the molecule is NCc1ccc2c(c1)OCO2.O=C(NCc1ccc(O)c(O)c1)c1ccc(O)c(O)c1.O=C(NCc1ccc2c(c1)OCO2)c1ccc2c(c1)OCO2.O=C(O)c1ccc2c(c1)OCO2. The molecule has 6 aromatic carbocycles. The number of hydrogen-bond acceptors (Lipinski definition) is 16. The van der Waals surface area contributed by atoms with Gasteiger partial charge in [0.2, 0.25) is 27.2 Å². The minimum absolute atomic E-state index is 0.147. The Morgan fingerprint density at radius 3 is 1.26 bits per heavy atom. The molecule has 19 nitrogen and oxygen atoms in total. The molecule has 19 heteroatoms. The molecule has 10 rings (SSSR count). The average Bonchev–Trinajstić information content (AvgIpc) is 4.17. The van der Waals surface area contributed by atoms with E-state index in [1.807, 2.05) is 36.4 Å². The zero-order valence-electron chi connectivity index (χ0n) is 34.1. The van der Waals surface area contributed by atoms with Gasteiger partial charge in [-0.05, 0) is 108 Å². The second kappa shape index (κ2) is 20.4. The fraction of sp³-hybridized carbons (Fsp3) is 0.152. The molecule has 0 unspecified atom stereocenters. The van der Waals surface area contributed by atoms with Crippen molar-refractivity contribution >= 4 is 17.8 Å². The first kappa shape index (κ1) is 44.3. The number of fused-ring (bicyclic) bond motifs is 4. The molecule has 0 atom stereocenters. The number of carboxylic acid groups (broad SMARTS) is 1. The highest BCUT2D eigenvalue weighted by Crippen LogP contribution is 2.35. The van der Waals surface area contributed by atoms with Crippen molar-refractivity contribution in [1.82, 2.24) is 10.6 Å². The van der Waals surface area contributed by atoms with Gasteiger partial charge in [0, 0.05) is 30.8 Å². The molecule has 0 saturated heterocycles. The topological polar surface area (TPSA) is 276 Å². The van der Waals surface area contributed by atoms with Crippen molar-refractivity contribution in [1.29, 1.82) is 0 Å². The number of carbonyl (C=O) groups is 3. The Balaban J connectivity index is 0.000000135. The van der Waals surface area contributed by atoms with E-state index >= 15 is 0 Å². The molecular formula is C46H41N3O16. The quantitative estimate of drug-likeness (QED) is 0.0876. The van der Waals surface area contributed by atoms with Crippen LogP contribution in [0.2, 0.25) is 0 Å². The van der Waals surface area contributed by atoms with Gasteiger partial charge in [-0.15, -0.1) is 0 Å². The first-order valence-corrected chi connectivity index (χ1v) is 19.5. The summed E-state index contributed by atoms with van der Waals surface area (Å²) in [5.41, 5.74) is 9.00. The highest BCUT2D eigenvalue weighted by Gasteiger charge is 2.18. The van der Waals surface area contributed by atoms with E-state index in [2.05, 4.69) is 10.6 Å². The highest BCUT2D eigenvalue weighted by atomic mass is 16.7. The van der Waals surface area contributed by atoms with Crippen LogP contribution in [0.25, 0.3) is 0 Å². The maximum absolute atomic E-state index is 12.2. The van der Waals surface area contributed by atoms with Crippen LogP contribution in [0.15, 0.2) is 109 Å². The third kappa shape index (κ3) is 11.4. The molecule has 9 N–H and O–H groups in total. The van der Waals surface area contributed by atoms with Gasteiger partial charge in [0.05, 0.1) is 5.56 Å². The van der Waals surface area contributed by atoms with E-state index in [0.29, 0.717) is 59.8 Å². The predicted molar refractivity (Wildman–Crippen MR) is 227 cm³/mol. The lowest BCUT2D eigenvalue weighted by Gasteiger charge is -2.07. The Morgan fingerprint density at radius 2 is 0.769 bits per heavy atom. The Labute approximate surface area is 369 Å². The van der Waals surface area contributed by atoms with Crippen molar-refractivity contribution in [2.75, 3.05) is 27.2 Å². The van der Waals surface area contributed by atoms with Crippen LogP contribution >= 0.6 is 0 Å². The molecule has 0 aliphatic carbocycles. The summed E-state index contributed by atoms with van der Waals surface area (Å²) in [4.78, 5) is 34.5. The van der Waals surface area contributed by atoms with Crippen LogP contribution in [0.5, 0.6) is 69.0 Å². The van der Waals surface area contributed by atoms with Crippen molar-refractivity contribution in [3.63, 3.8) is 0 Å². The van der Waals surface area contributed by atoms with Crippen molar-refractivity contribution in [3.05, 3.63) is 143 Å². The van der Waals surface area contributed by atoms with Crippen molar-refractivity contribution in [2.45, 2.75) is 19.6 Å². The minimum Gasteiger partial charge on any atom is -0.504 e. The van der Waals surface area contributed by atoms with Crippen molar-refractivity contribution in [2.24, 2.45) is 5.73 Å². The Kier molecular flexibility index (Phi) is 13.9. The zero-order chi connectivity index (χ0) is 45.9. The van der Waals surface area contributed by atoms with Gasteiger partial charge in [0.1, 0.15) is 0 Å². The number of nitrogens with two attached hydrogens (primary N) is 1. The number of rotatable bonds is 8. The number of hydrogen-bond donors (Lipinski definition) is 8. The second-order valence-corrected chi connectivity index (χ2v) is 13.9. The Hall–Kier alpha value is -8.71. The van der Waals surface area contributed by atoms with Gasteiger partial charge in [-0.2, -0.15) is 0 Å². The predicted octanol–water partition coefficient (Wildman–Crippen LogP) is 5.50. The lowest BCUT2D eigenvalue weighted by molar-refractivity contribution is 0.0695. The summed E-state index contributed by atoms with van der Waals surface area (Å²) >= 11 is 0. The largest absolute Gasteiger partial charge is 0.504 e. The number of aromatic hydroxyl groups is 4. The number of phenols is 4. The summed E-state index contributed by atoms with van der Waals surface area (Å²) in [6, 6.07) is 28.9. The standard InChI is InChI=1S/C16H13NO5.C14H13NO5.C8H9NO2.C8H6O4/c18-16(11-2-4-13-15(6-11)22-9-20-13)17-7-10-1-3-12-14(5-10)21-8-19-12;16-10-3-1-8(5-12(10)18)7-15-14(20)9-2-4-11(17)13(19)6-9;9-4-6-1-2-7-8(3-6)11-5-10-7;9-8(10)5-1-2-6-7(3-5)12-4-11-6/h1-6H,7-9H2,(H,17,18);1-6,16-19H,7H2,(H,15,20);1-3H,4-5,9H2;1-3H,4H2,(H,9,10). The summed E-state index contributed by atoms with van der Waals surface area (Å²) in [5.74, 6) is 2.64. The molecule has 0 radical (unpaired) electrons. The summed E-state index contributed by atoms with van der Waals surface area (Å²) in [6.45, 7) is 2.01. The van der Waals surface area contributed by atoms with Crippen molar-refractivity contribution < 1.29 is 77.8 Å². The maximum atomic E-state index is 12.2. The van der Waals surface area contributed by atoms with Gasteiger partial charge in [0.15, 0.2) is 69.0 Å². The van der Waals surface area contributed by atoms with E-state index in [4.69, 9.17) is 58.9 Å². The van der Waals surface area contributed by atoms with E-state index in [1.165, 1.54) is 36.4 Å². The average molecular weight is 892 g/mol. The van der Waals surface area contributed by atoms with Crippen LogP contribution in [0.4, 0.5) is 0 Å². The Morgan fingerprint density at radius 1 is 0.415 bits per heavy atom. The molecular weight excluding hydrogens is 851 g/mol. The molecule has 336 valence electrons. The molecule has 6 aromatic rings. The third-order valence-electron chi connectivity index (χ3n) is 9.55. The smallest absolute Gasteiger partial charge is 0.335 e. The van der Waals surface area contributed by atoms with E-state index in [1.54, 1.807) is 30.3 Å². The highest BCUT2D eigenvalue weighted by molar-refractivity contribution is 5.95. The number of carboxylic acids is 1. The number of aromatic carboxylic acids is 1. The van der Waals surface area contributed by atoms with Gasteiger partial charge >= 0.3 is 5.97 Å². The van der Waals surface area contributed by atoms with Crippen LogP contribution in [0.3, 0.4) is 0 Å². The third-order valence-corrected chi connectivity index (χ3v) is 9.55.